The van der Waals surface area contributed by atoms with E-state index in [0.29, 0.717) is 36.7 Å². The number of piperidine rings is 1. The number of rotatable bonds is 2. The Bertz CT molecular complexity index is 455. The van der Waals surface area contributed by atoms with Gasteiger partial charge in [-0.2, -0.15) is 5.10 Å². The van der Waals surface area contributed by atoms with Gasteiger partial charge in [0.25, 0.3) is 5.91 Å². The lowest BCUT2D eigenvalue weighted by atomic mass is 10.1. The number of nitrogen functional groups attached to an aromatic ring is 1. The number of carbonyl (C=O) groups is 1. The fraction of sp³-hybridized carbons (Fsp3) is 0.667. The third-order valence-corrected chi connectivity index (χ3v) is 3.36. The standard InChI is InChI=1S/C12H20N4O2/c1-3-16-11(10(13)8(2)14-16)12(18)15-6-4-5-9(17)7-15/h9,17H,3-7,13H2,1-2H3. The number of likely N-dealkylation sites (tertiary alicyclic amines) is 1. The summed E-state index contributed by atoms with van der Waals surface area (Å²) in [4.78, 5) is 14.1. The molecule has 0 bridgehead atoms. The van der Waals surface area contributed by atoms with Crippen LogP contribution in [-0.2, 0) is 6.54 Å². The second-order valence-electron chi connectivity index (χ2n) is 4.71. The van der Waals surface area contributed by atoms with Crippen molar-refractivity contribution in [3.63, 3.8) is 0 Å². The van der Waals surface area contributed by atoms with E-state index in [4.69, 9.17) is 5.73 Å². The molecule has 2 rings (SSSR count). The van der Waals surface area contributed by atoms with E-state index in [1.54, 1.807) is 16.5 Å². The summed E-state index contributed by atoms with van der Waals surface area (Å²) in [5.74, 6) is -0.131. The van der Waals surface area contributed by atoms with Gasteiger partial charge in [-0.25, -0.2) is 0 Å². The summed E-state index contributed by atoms with van der Waals surface area (Å²) in [6, 6.07) is 0. The topological polar surface area (TPSA) is 84.4 Å². The van der Waals surface area contributed by atoms with Gasteiger partial charge >= 0.3 is 0 Å². The molecule has 1 amide bonds. The Morgan fingerprint density at radius 2 is 2.33 bits per heavy atom. The maximum Gasteiger partial charge on any atom is 0.274 e. The zero-order valence-corrected chi connectivity index (χ0v) is 10.9. The predicted molar refractivity (Wildman–Crippen MR) is 68.2 cm³/mol. The molecule has 1 aliphatic rings. The monoisotopic (exact) mass is 252 g/mol. The highest BCUT2D eigenvalue weighted by Gasteiger charge is 2.27. The first-order chi connectivity index (χ1) is 8.54. The highest BCUT2D eigenvalue weighted by Crippen LogP contribution is 2.20. The van der Waals surface area contributed by atoms with Gasteiger partial charge in [-0.3, -0.25) is 9.48 Å². The molecule has 3 N–H and O–H groups in total. The zero-order chi connectivity index (χ0) is 13.3. The number of aryl methyl sites for hydroxylation is 2. The van der Waals surface area contributed by atoms with Crippen molar-refractivity contribution in [2.45, 2.75) is 39.3 Å². The smallest absolute Gasteiger partial charge is 0.274 e. The first-order valence-corrected chi connectivity index (χ1v) is 6.34. The Kier molecular flexibility index (Phi) is 3.56. The summed E-state index contributed by atoms with van der Waals surface area (Å²) in [5, 5.41) is 13.9. The number of aliphatic hydroxyl groups is 1. The van der Waals surface area contributed by atoms with Gasteiger partial charge in [0.05, 0.1) is 17.5 Å². The van der Waals surface area contributed by atoms with Crippen LogP contribution in [0.15, 0.2) is 0 Å². The van der Waals surface area contributed by atoms with E-state index < -0.39 is 6.10 Å². The molecule has 100 valence electrons. The number of nitrogens with zero attached hydrogens (tertiary/aromatic N) is 3. The Hall–Kier alpha value is -1.56. The number of hydrogen-bond acceptors (Lipinski definition) is 4. The molecule has 1 aromatic heterocycles. The van der Waals surface area contributed by atoms with Crippen molar-refractivity contribution in [2.75, 3.05) is 18.8 Å². The molecular formula is C12H20N4O2. The van der Waals surface area contributed by atoms with E-state index in [0.717, 1.165) is 12.8 Å². The van der Waals surface area contributed by atoms with Crippen LogP contribution < -0.4 is 5.73 Å². The van der Waals surface area contributed by atoms with Crippen LogP contribution in [0.25, 0.3) is 0 Å². The van der Waals surface area contributed by atoms with Crippen molar-refractivity contribution in [2.24, 2.45) is 0 Å². The molecule has 1 unspecified atom stereocenters. The molecule has 1 atom stereocenters. The van der Waals surface area contributed by atoms with Crippen LogP contribution in [-0.4, -0.2) is 44.9 Å². The third kappa shape index (κ3) is 2.20. The maximum absolute atomic E-state index is 12.4. The molecule has 6 nitrogen and oxygen atoms in total. The lowest BCUT2D eigenvalue weighted by Gasteiger charge is -2.30. The van der Waals surface area contributed by atoms with E-state index in [2.05, 4.69) is 5.10 Å². The first-order valence-electron chi connectivity index (χ1n) is 6.34. The van der Waals surface area contributed by atoms with Crippen LogP contribution in [0.2, 0.25) is 0 Å². The van der Waals surface area contributed by atoms with E-state index in [-0.39, 0.29) is 5.91 Å². The Labute approximate surface area is 106 Å². The number of nitrogens with two attached hydrogens (primary N) is 1. The Balaban J connectivity index is 2.27. The van der Waals surface area contributed by atoms with Crippen molar-refractivity contribution in [3.8, 4) is 0 Å². The number of β-amino-alcohol motifs (C(OH)–C–C–N with tert-alkyl or cyclic N) is 1. The van der Waals surface area contributed by atoms with E-state index in [1.165, 1.54) is 0 Å². The molecule has 0 saturated carbocycles. The van der Waals surface area contributed by atoms with Crippen molar-refractivity contribution in [1.29, 1.82) is 0 Å². The summed E-state index contributed by atoms with van der Waals surface area (Å²) in [7, 11) is 0. The second-order valence-corrected chi connectivity index (χ2v) is 4.71. The minimum atomic E-state index is -0.428. The molecule has 2 heterocycles. The van der Waals surface area contributed by atoms with Crippen molar-refractivity contribution in [3.05, 3.63) is 11.4 Å². The number of carbonyl (C=O) groups excluding carboxylic acids is 1. The van der Waals surface area contributed by atoms with Crippen LogP contribution >= 0.6 is 0 Å². The Morgan fingerprint density at radius 3 is 2.94 bits per heavy atom. The number of amides is 1. The van der Waals surface area contributed by atoms with Crippen molar-refractivity contribution >= 4 is 11.6 Å². The molecule has 0 radical (unpaired) electrons. The van der Waals surface area contributed by atoms with Gasteiger partial charge in [-0.15, -0.1) is 0 Å². The van der Waals surface area contributed by atoms with Gasteiger partial charge in [-0.05, 0) is 26.7 Å². The van der Waals surface area contributed by atoms with Gasteiger partial charge in [0.1, 0.15) is 5.69 Å². The van der Waals surface area contributed by atoms with Gasteiger partial charge in [-0.1, -0.05) is 0 Å². The minimum Gasteiger partial charge on any atom is -0.395 e. The maximum atomic E-state index is 12.4. The van der Waals surface area contributed by atoms with Crippen LogP contribution in [0.1, 0.15) is 35.9 Å². The van der Waals surface area contributed by atoms with Crippen LogP contribution in [0, 0.1) is 6.92 Å². The predicted octanol–water partition coefficient (Wildman–Crippen LogP) is 0.391. The fourth-order valence-electron chi connectivity index (χ4n) is 2.34. The van der Waals surface area contributed by atoms with E-state index >= 15 is 0 Å². The van der Waals surface area contributed by atoms with Crippen LogP contribution in [0.5, 0.6) is 0 Å². The molecule has 0 aliphatic carbocycles. The molecule has 1 aromatic rings. The quantitative estimate of drug-likeness (QED) is 0.797. The van der Waals surface area contributed by atoms with Crippen LogP contribution in [0.4, 0.5) is 5.69 Å². The molecular weight excluding hydrogens is 232 g/mol. The van der Waals surface area contributed by atoms with E-state index in [9.17, 15) is 9.90 Å². The van der Waals surface area contributed by atoms with Gasteiger partial charge in [0.2, 0.25) is 0 Å². The number of aromatic nitrogens is 2. The summed E-state index contributed by atoms with van der Waals surface area (Å²) in [6.45, 7) is 5.38. The lowest BCUT2D eigenvalue weighted by Crippen LogP contribution is -2.43. The molecule has 1 saturated heterocycles. The van der Waals surface area contributed by atoms with Crippen molar-refractivity contribution in [1.82, 2.24) is 14.7 Å². The summed E-state index contributed by atoms with van der Waals surface area (Å²) < 4.78 is 1.63. The third-order valence-electron chi connectivity index (χ3n) is 3.36. The van der Waals surface area contributed by atoms with Gasteiger partial charge in [0.15, 0.2) is 0 Å². The largest absolute Gasteiger partial charge is 0.395 e. The van der Waals surface area contributed by atoms with Gasteiger partial charge in [0, 0.05) is 19.6 Å². The molecule has 18 heavy (non-hydrogen) atoms. The molecule has 0 aromatic carbocycles. The second kappa shape index (κ2) is 4.97. The highest BCUT2D eigenvalue weighted by atomic mass is 16.3. The summed E-state index contributed by atoms with van der Waals surface area (Å²) in [6.07, 6.45) is 1.15. The first kappa shape index (κ1) is 12.9. The minimum absolute atomic E-state index is 0.131. The highest BCUT2D eigenvalue weighted by molar-refractivity contribution is 5.98. The number of anilines is 1. The summed E-state index contributed by atoms with van der Waals surface area (Å²) >= 11 is 0. The normalized spacial score (nSPS) is 20.2. The van der Waals surface area contributed by atoms with Gasteiger partial charge < -0.3 is 15.7 Å². The molecule has 6 heteroatoms. The molecule has 1 aliphatic heterocycles. The lowest BCUT2D eigenvalue weighted by molar-refractivity contribution is 0.0464. The number of aliphatic hydroxyl groups excluding tert-OH is 1. The molecule has 0 spiro atoms. The zero-order valence-electron chi connectivity index (χ0n) is 10.9. The average Bonchev–Trinajstić information content (AvgIpc) is 2.64. The summed E-state index contributed by atoms with van der Waals surface area (Å²) in [5.41, 5.74) is 7.50. The Morgan fingerprint density at radius 1 is 1.61 bits per heavy atom. The van der Waals surface area contributed by atoms with Crippen molar-refractivity contribution < 1.29 is 9.90 Å². The molecule has 1 fully saturated rings. The fourth-order valence-corrected chi connectivity index (χ4v) is 2.34. The average molecular weight is 252 g/mol. The van der Waals surface area contributed by atoms with E-state index in [1.807, 2.05) is 6.92 Å². The SMILES string of the molecule is CCn1nc(C)c(N)c1C(=O)N1CCCC(O)C1. The van der Waals surface area contributed by atoms with Crippen LogP contribution in [0.3, 0.4) is 0 Å². The number of hydrogen-bond donors (Lipinski definition) is 2.